The first-order valence-electron chi connectivity index (χ1n) is 10.0. The largest absolute Gasteiger partial charge is 0.452 e. The van der Waals surface area contributed by atoms with E-state index in [-0.39, 0.29) is 18.6 Å². The summed E-state index contributed by atoms with van der Waals surface area (Å²) in [5.41, 5.74) is 4.44. The number of ether oxygens (including phenoxy) is 2. The van der Waals surface area contributed by atoms with Gasteiger partial charge in [0.15, 0.2) is 6.61 Å². The topological polar surface area (TPSA) is 68.7 Å². The molecule has 2 heterocycles. The molecule has 1 aliphatic carbocycles. The maximum Gasteiger partial charge on any atom is 0.339 e. The minimum Gasteiger partial charge on any atom is -0.452 e. The van der Waals surface area contributed by atoms with Gasteiger partial charge in [-0.25, -0.2) is 4.79 Å². The number of hydrogen-bond acceptors (Lipinski definition) is 5. The number of nitrogens with zero attached hydrogens (tertiary/aromatic N) is 2. The van der Waals surface area contributed by atoms with Gasteiger partial charge in [-0.15, -0.1) is 0 Å². The molecule has 1 aromatic heterocycles. The summed E-state index contributed by atoms with van der Waals surface area (Å²) in [4.78, 5) is 32.0. The van der Waals surface area contributed by atoms with Crippen molar-refractivity contribution in [1.29, 1.82) is 0 Å². The molecule has 1 fully saturated rings. The summed E-state index contributed by atoms with van der Waals surface area (Å²) in [5, 5.41) is 0.818. The molecule has 0 saturated carbocycles. The van der Waals surface area contributed by atoms with Gasteiger partial charge >= 0.3 is 5.97 Å². The van der Waals surface area contributed by atoms with Gasteiger partial charge < -0.3 is 14.4 Å². The van der Waals surface area contributed by atoms with Crippen LogP contribution in [0.2, 0.25) is 0 Å². The molecule has 1 unspecified atom stereocenters. The Morgan fingerprint density at radius 3 is 2.93 bits per heavy atom. The van der Waals surface area contributed by atoms with Crippen LogP contribution in [0, 0.1) is 6.92 Å². The van der Waals surface area contributed by atoms with Crippen LogP contribution in [0.5, 0.6) is 0 Å². The number of pyridine rings is 1. The SMILES string of the molecule is Cc1ccc2nc3c(c(C(=O)OCC(=O)N4CCOC(C)C4)c2c1)CCCC3. The third-order valence-electron chi connectivity index (χ3n) is 5.54. The number of aryl methyl sites for hydroxylation is 2. The summed E-state index contributed by atoms with van der Waals surface area (Å²) in [6.07, 6.45) is 3.83. The Hall–Kier alpha value is -2.47. The lowest BCUT2D eigenvalue weighted by molar-refractivity contribution is -0.141. The van der Waals surface area contributed by atoms with Crippen LogP contribution in [-0.2, 0) is 27.1 Å². The van der Waals surface area contributed by atoms with Crippen molar-refractivity contribution >= 4 is 22.8 Å². The summed E-state index contributed by atoms with van der Waals surface area (Å²) < 4.78 is 11.0. The number of morpholine rings is 1. The first-order chi connectivity index (χ1) is 13.5. The molecule has 1 aromatic carbocycles. The van der Waals surface area contributed by atoms with Gasteiger partial charge in [0.25, 0.3) is 5.91 Å². The van der Waals surface area contributed by atoms with E-state index in [9.17, 15) is 9.59 Å². The molecule has 28 heavy (non-hydrogen) atoms. The van der Waals surface area contributed by atoms with Gasteiger partial charge in [0, 0.05) is 24.2 Å². The van der Waals surface area contributed by atoms with E-state index in [0.717, 1.165) is 53.4 Å². The maximum atomic E-state index is 13.0. The zero-order valence-corrected chi connectivity index (χ0v) is 16.5. The quantitative estimate of drug-likeness (QED) is 0.764. The number of benzene rings is 1. The highest BCUT2D eigenvalue weighted by Gasteiger charge is 2.26. The van der Waals surface area contributed by atoms with Crippen molar-refractivity contribution < 1.29 is 19.1 Å². The second-order valence-electron chi connectivity index (χ2n) is 7.74. The summed E-state index contributed by atoms with van der Waals surface area (Å²) >= 11 is 0. The standard InChI is InChI=1S/C22H26N2O4/c1-14-7-8-19-17(11-14)21(16-5-3-4-6-18(16)23-19)22(26)28-13-20(25)24-9-10-27-15(2)12-24/h7-8,11,15H,3-6,9-10,12-13H2,1-2H3. The van der Waals surface area contributed by atoms with Crippen LogP contribution in [0.3, 0.4) is 0 Å². The Balaban J connectivity index is 1.59. The lowest BCUT2D eigenvalue weighted by atomic mass is 9.89. The summed E-state index contributed by atoms with van der Waals surface area (Å²) in [7, 11) is 0. The van der Waals surface area contributed by atoms with Crippen LogP contribution in [0.1, 0.15) is 46.9 Å². The van der Waals surface area contributed by atoms with E-state index < -0.39 is 5.97 Å². The molecule has 1 saturated heterocycles. The Morgan fingerprint density at radius 1 is 1.29 bits per heavy atom. The number of rotatable bonds is 3. The number of carbonyl (C=O) groups is 2. The van der Waals surface area contributed by atoms with E-state index in [0.29, 0.717) is 25.3 Å². The minimum atomic E-state index is -0.425. The molecule has 6 nitrogen and oxygen atoms in total. The van der Waals surface area contributed by atoms with E-state index in [1.165, 1.54) is 0 Å². The van der Waals surface area contributed by atoms with Gasteiger partial charge in [-0.05, 0) is 57.2 Å². The van der Waals surface area contributed by atoms with Gasteiger partial charge in [0.1, 0.15) is 0 Å². The lowest BCUT2D eigenvalue weighted by Gasteiger charge is -2.31. The van der Waals surface area contributed by atoms with Crippen molar-refractivity contribution in [2.75, 3.05) is 26.3 Å². The van der Waals surface area contributed by atoms with Crippen LogP contribution in [0.4, 0.5) is 0 Å². The molecule has 2 aromatic rings. The molecule has 6 heteroatoms. The van der Waals surface area contributed by atoms with E-state index in [4.69, 9.17) is 14.5 Å². The highest BCUT2D eigenvalue weighted by atomic mass is 16.5. The van der Waals surface area contributed by atoms with Crippen molar-refractivity contribution in [3.63, 3.8) is 0 Å². The minimum absolute atomic E-state index is 0.00698. The molecular weight excluding hydrogens is 356 g/mol. The molecule has 1 aliphatic heterocycles. The van der Waals surface area contributed by atoms with Gasteiger partial charge in [0.2, 0.25) is 0 Å². The molecule has 0 spiro atoms. The number of esters is 1. The second-order valence-corrected chi connectivity index (χ2v) is 7.74. The number of aromatic nitrogens is 1. The van der Waals surface area contributed by atoms with Gasteiger partial charge in [-0.1, -0.05) is 11.6 Å². The third kappa shape index (κ3) is 3.74. The van der Waals surface area contributed by atoms with Gasteiger partial charge in [-0.3, -0.25) is 9.78 Å². The molecular formula is C22H26N2O4. The maximum absolute atomic E-state index is 13.0. The van der Waals surface area contributed by atoms with E-state index in [1.807, 2.05) is 32.0 Å². The lowest BCUT2D eigenvalue weighted by Crippen LogP contribution is -2.46. The first-order valence-corrected chi connectivity index (χ1v) is 10.0. The average molecular weight is 382 g/mol. The predicted molar refractivity (Wildman–Crippen MR) is 105 cm³/mol. The molecule has 0 bridgehead atoms. The van der Waals surface area contributed by atoms with Crippen molar-refractivity contribution in [3.05, 3.63) is 40.6 Å². The van der Waals surface area contributed by atoms with Crippen LogP contribution in [0.15, 0.2) is 18.2 Å². The fourth-order valence-corrected chi connectivity index (χ4v) is 4.11. The number of hydrogen-bond donors (Lipinski definition) is 0. The van der Waals surface area contributed by atoms with E-state index >= 15 is 0 Å². The summed E-state index contributed by atoms with van der Waals surface area (Å²) in [5.74, 6) is -0.599. The molecule has 148 valence electrons. The van der Waals surface area contributed by atoms with Crippen LogP contribution < -0.4 is 0 Å². The monoisotopic (exact) mass is 382 g/mol. The van der Waals surface area contributed by atoms with E-state index in [1.54, 1.807) is 4.90 Å². The molecule has 0 N–H and O–H groups in total. The molecule has 1 amide bonds. The highest BCUT2D eigenvalue weighted by molar-refractivity contribution is 6.05. The Morgan fingerprint density at radius 2 is 2.11 bits per heavy atom. The highest BCUT2D eigenvalue weighted by Crippen LogP contribution is 2.30. The Kier molecular flexibility index (Phi) is 5.31. The molecule has 0 radical (unpaired) electrons. The zero-order valence-electron chi connectivity index (χ0n) is 16.5. The molecule has 4 rings (SSSR count). The number of amides is 1. The van der Waals surface area contributed by atoms with Crippen molar-refractivity contribution in [1.82, 2.24) is 9.88 Å². The third-order valence-corrected chi connectivity index (χ3v) is 5.54. The Labute approximate surface area is 164 Å². The van der Waals surface area contributed by atoms with Crippen LogP contribution in [-0.4, -0.2) is 54.2 Å². The molecule has 2 aliphatic rings. The fraction of sp³-hybridized carbons (Fsp3) is 0.500. The van der Waals surface area contributed by atoms with Crippen molar-refractivity contribution in [2.24, 2.45) is 0 Å². The normalized spacial score (nSPS) is 19.4. The predicted octanol–water partition coefficient (Wildman–Crippen LogP) is 2.83. The summed E-state index contributed by atoms with van der Waals surface area (Å²) in [6, 6.07) is 5.94. The van der Waals surface area contributed by atoms with Crippen molar-refractivity contribution in [2.45, 2.75) is 45.6 Å². The second kappa shape index (κ2) is 7.87. The zero-order chi connectivity index (χ0) is 19.7. The average Bonchev–Trinajstić information content (AvgIpc) is 2.70. The molecule has 1 atom stereocenters. The smallest absolute Gasteiger partial charge is 0.339 e. The van der Waals surface area contributed by atoms with Gasteiger partial charge in [-0.2, -0.15) is 0 Å². The first kappa shape index (κ1) is 18.9. The van der Waals surface area contributed by atoms with Crippen molar-refractivity contribution in [3.8, 4) is 0 Å². The van der Waals surface area contributed by atoms with Crippen LogP contribution in [0.25, 0.3) is 10.9 Å². The number of carbonyl (C=O) groups excluding carboxylic acids is 2. The number of fused-ring (bicyclic) bond motifs is 2. The van der Waals surface area contributed by atoms with E-state index in [2.05, 4.69) is 0 Å². The van der Waals surface area contributed by atoms with Crippen LogP contribution >= 0.6 is 0 Å². The fourth-order valence-electron chi connectivity index (χ4n) is 4.11. The van der Waals surface area contributed by atoms with Gasteiger partial charge in [0.05, 0.1) is 23.8 Å². The Bertz CT molecular complexity index is 924. The summed E-state index contributed by atoms with van der Waals surface area (Å²) in [6.45, 7) is 5.27.